The molecule has 2 N–H and O–H groups in total. The average Bonchev–Trinajstić information content (AvgIpc) is 2.73. The minimum Gasteiger partial charge on any atom is -0.490 e. The Balaban J connectivity index is 2.14. The van der Waals surface area contributed by atoms with Crippen molar-refractivity contribution in [1.82, 2.24) is 10.6 Å². The van der Waals surface area contributed by atoms with Crippen LogP contribution in [0.15, 0.2) is 42.5 Å². The molecule has 168 valence electrons. The maximum atomic E-state index is 13.9. The summed E-state index contributed by atoms with van der Waals surface area (Å²) in [4.78, 5) is 25.4. The number of nitrogens with one attached hydrogen (secondary N) is 2. The molecular formula is C24H31FN2O4. The zero-order valence-corrected chi connectivity index (χ0v) is 18.7. The second-order valence-corrected chi connectivity index (χ2v) is 7.48. The number of ether oxygens (including phenoxy) is 2. The largest absolute Gasteiger partial charge is 0.490 e. The molecule has 2 amide bonds. The van der Waals surface area contributed by atoms with Gasteiger partial charge >= 0.3 is 0 Å². The SMILES string of the molecule is CCOc1ccc(C(C)NC(=O)[C@@H](NC(=O)c2ccccc2F)C(C)C)cc1OCC. The van der Waals surface area contributed by atoms with E-state index in [-0.39, 0.29) is 23.4 Å². The van der Waals surface area contributed by atoms with Crippen molar-refractivity contribution in [2.75, 3.05) is 13.2 Å². The Morgan fingerprint density at radius 1 is 0.935 bits per heavy atom. The van der Waals surface area contributed by atoms with Crippen molar-refractivity contribution in [2.45, 2.75) is 46.7 Å². The highest BCUT2D eigenvalue weighted by atomic mass is 19.1. The van der Waals surface area contributed by atoms with Gasteiger partial charge in [0.15, 0.2) is 11.5 Å². The van der Waals surface area contributed by atoms with E-state index in [0.717, 1.165) is 5.56 Å². The molecule has 7 heteroatoms. The van der Waals surface area contributed by atoms with Crippen LogP contribution in [0.4, 0.5) is 4.39 Å². The predicted molar refractivity (Wildman–Crippen MR) is 118 cm³/mol. The topological polar surface area (TPSA) is 76.7 Å². The summed E-state index contributed by atoms with van der Waals surface area (Å²) in [7, 11) is 0. The molecule has 0 aromatic heterocycles. The highest BCUT2D eigenvalue weighted by molar-refractivity contribution is 5.97. The summed E-state index contributed by atoms with van der Waals surface area (Å²) in [5, 5.41) is 5.58. The summed E-state index contributed by atoms with van der Waals surface area (Å²) in [5.41, 5.74) is 0.741. The van der Waals surface area contributed by atoms with E-state index in [1.54, 1.807) is 6.07 Å². The molecule has 0 heterocycles. The Bertz CT molecular complexity index is 901. The van der Waals surface area contributed by atoms with Crippen LogP contribution in [-0.2, 0) is 4.79 Å². The lowest BCUT2D eigenvalue weighted by Crippen LogP contribution is -2.50. The molecule has 6 nitrogen and oxygen atoms in total. The molecule has 1 unspecified atom stereocenters. The van der Waals surface area contributed by atoms with Crippen molar-refractivity contribution < 1.29 is 23.5 Å². The second-order valence-electron chi connectivity index (χ2n) is 7.48. The van der Waals surface area contributed by atoms with E-state index in [2.05, 4.69) is 10.6 Å². The molecule has 0 radical (unpaired) electrons. The van der Waals surface area contributed by atoms with Gasteiger partial charge in [0.05, 0.1) is 24.8 Å². The Labute approximate surface area is 183 Å². The smallest absolute Gasteiger partial charge is 0.254 e. The molecule has 0 aliphatic carbocycles. The van der Waals surface area contributed by atoms with Crippen LogP contribution in [0, 0.1) is 11.7 Å². The zero-order valence-electron chi connectivity index (χ0n) is 18.7. The van der Waals surface area contributed by atoms with Crippen LogP contribution in [0.5, 0.6) is 11.5 Å². The third-order valence-corrected chi connectivity index (χ3v) is 4.78. The van der Waals surface area contributed by atoms with Crippen LogP contribution in [-0.4, -0.2) is 31.1 Å². The number of benzene rings is 2. The van der Waals surface area contributed by atoms with E-state index in [1.165, 1.54) is 18.2 Å². The molecule has 0 aliphatic rings. The maximum Gasteiger partial charge on any atom is 0.254 e. The molecule has 0 saturated carbocycles. The Hall–Kier alpha value is -3.09. The van der Waals surface area contributed by atoms with Crippen LogP contribution in [0.2, 0.25) is 0 Å². The van der Waals surface area contributed by atoms with Crippen LogP contribution < -0.4 is 20.1 Å². The van der Waals surface area contributed by atoms with Crippen LogP contribution in [0.25, 0.3) is 0 Å². The molecule has 2 aromatic rings. The van der Waals surface area contributed by atoms with Crippen molar-refractivity contribution >= 4 is 11.8 Å². The number of hydrogen-bond donors (Lipinski definition) is 2. The van der Waals surface area contributed by atoms with E-state index < -0.39 is 17.8 Å². The van der Waals surface area contributed by atoms with E-state index in [4.69, 9.17) is 9.47 Å². The van der Waals surface area contributed by atoms with Gasteiger partial charge in [-0.15, -0.1) is 0 Å². The monoisotopic (exact) mass is 430 g/mol. The van der Waals surface area contributed by atoms with Crippen LogP contribution >= 0.6 is 0 Å². The normalized spacial score (nSPS) is 12.7. The molecule has 0 aliphatic heterocycles. The molecular weight excluding hydrogens is 399 g/mol. The first-order valence-electron chi connectivity index (χ1n) is 10.5. The first-order valence-corrected chi connectivity index (χ1v) is 10.5. The molecule has 0 fully saturated rings. The van der Waals surface area contributed by atoms with Gasteiger partial charge in [0, 0.05) is 0 Å². The van der Waals surface area contributed by atoms with Gasteiger partial charge < -0.3 is 20.1 Å². The van der Waals surface area contributed by atoms with Gasteiger partial charge in [0.2, 0.25) is 5.91 Å². The van der Waals surface area contributed by atoms with Crippen molar-refractivity contribution in [3.8, 4) is 11.5 Å². The van der Waals surface area contributed by atoms with Crippen LogP contribution in [0.3, 0.4) is 0 Å². The molecule has 2 aromatic carbocycles. The lowest BCUT2D eigenvalue weighted by Gasteiger charge is -2.24. The molecule has 2 rings (SSSR count). The first kappa shape index (κ1) is 24.2. The lowest BCUT2D eigenvalue weighted by atomic mass is 10.0. The summed E-state index contributed by atoms with van der Waals surface area (Å²) in [6.07, 6.45) is 0. The molecule has 0 saturated heterocycles. The number of amides is 2. The van der Waals surface area contributed by atoms with E-state index in [9.17, 15) is 14.0 Å². The molecule has 31 heavy (non-hydrogen) atoms. The standard InChI is InChI=1S/C24H31FN2O4/c1-6-30-20-13-12-17(14-21(20)31-7-2)16(5)26-24(29)22(15(3)4)27-23(28)18-10-8-9-11-19(18)25/h8-16,22H,6-7H2,1-5H3,(H,26,29)(H,27,28)/t16?,22-/m0/s1. The van der Waals surface area contributed by atoms with Gasteiger partial charge in [-0.1, -0.05) is 32.0 Å². The first-order chi connectivity index (χ1) is 14.8. The third-order valence-electron chi connectivity index (χ3n) is 4.78. The number of carbonyl (C=O) groups excluding carboxylic acids is 2. The van der Waals surface area contributed by atoms with E-state index in [0.29, 0.717) is 24.7 Å². The zero-order chi connectivity index (χ0) is 23.0. The van der Waals surface area contributed by atoms with E-state index >= 15 is 0 Å². The van der Waals surface area contributed by atoms with Gasteiger partial charge in [0.25, 0.3) is 5.91 Å². The average molecular weight is 431 g/mol. The van der Waals surface area contributed by atoms with Gasteiger partial charge in [-0.3, -0.25) is 9.59 Å². The third kappa shape index (κ3) is 6.44. The molecule has 0 bridgehead atoms. The highest BCUT2D eigenvalue weighted by Crippen LogP contribution is 2.30. The minimum absolute atomic E-state index is 0.0955. The summed E-state index contributed by atoms with van der Waals surface area (Å²) >= 11 is 0. The Kier molecular flexibility index (Phi) is 8.85. The quantitative estimate of drug-likeness (QED) is 0.591. The van der Waals surface area contributed by atoms with Crippen molar-refractivity contribution in [2.24, 2.45) is 5.92 Å². The molecule has 0 spiro atoms. The number of hydrogen-bond acceptors (Lipinski definition) is 4. The highest BCUT2D eigenvalue weighted by Gasteiger charge is 2.27. The predicted octanol–water partition coefficient (Wildman–Crippen LogP) is 4.25. The molecule has 2 atom stereocenters. The Morgan fingerprint density at radius 3 is 2.19 bits per heavy atom. The number of carbonyl (C=O) groups is 2. The van der Waals surface area contributed by atoms with Crippen molar-refractivity contribution in [3.05, 3.63) is 59.4 Å². The number of rotatable bonds is 10. The Morgan fingerprint density at radius 2 is 1.58 bits per heavy atom. The van der Waals surface area contributed by atoms with Gasteiger partial charge in [0.1, 0.15) is 11.9 Å². The fourth-order valence-electron chi connectivity index (χ4n) is 3.12. The van der Waals surface area contributed by atoms with Gasteiger partial charge in [-0.2, -0.15) is 0 Å². The van der Waals surface area contributed by atoms with Gasteiger partial charge in [-0.05, 0) is 56.5 Å². The number of halogens is 1. The summed E-state index contributed by atoms with van der Waals surface area (Å²) in [5.74, 6) is -0.547. The summed E-state index contributed by atoms with van der Waals surface area (Å²) in [6, 6.07) is 10.0. The lowest BCUT2D eigenvalue weighted by molar-refractivity contribution is -0.124. The summed E-state index contributed by atoms with van der Waals surface area (Å²) in [6.45, 7) is 10.3. The van der Waals surface area contributed by atoms with Gasteiger partial charge in [-0.25, -0.2) is 4.39 Å². The van der Waals surface area contributed by atoms with Crippen LogP contribution in [0.1, 0.15) is 56.6 Å². The minimum atomic E-state index is -0.816. The summed E-state index contributed by atoms with van der Waals surface area (Å²) < 4.78 is 25.2. The fraction of sp³-hybridized carbons (Fsp3) is 0.417. The van der Waals surface area contributed by atoms with Crippen molar-refractivity contribution in [1.29, 1.82) is 0 Å². The van der Waals surface area contributed by atoms with E-state index in [1.807, 2.05) is 52.8 Å². The van der Waals surface area contributed by atoms with Crippen molar-refractivity contribution in [3.63, 3.8) is 0 Å². The fourth-order valence-corrected chi connectivity index (χ4v) is 3.12. The maximum absolute atomic E-state index is 13.9. The second kappa shape index (κ2) is 11.3.